The Hall–Kier alpha value is -1.60. The Bertz CT molecular complexity index is 660. The van der Waals surface area contributed by atoms with Gasteiger partial charge in [0.05, 0.1) is 5.75 Å². The Balaban J connectivity index is 1.91. The van der Waals surface area contributed by atoms with E-state index < -0.39 is 10.0 Å². The predicted octanol–water partition coefficient (Wildman–Crippen LogP) is 1.10. The van der Waals surface area contributed by atoms with Crippen LogP contribution in [0.3, 0.4) is 0 Å². The van der Waals surface area contributed by atoms with Crippen LogP contribution in [-0.4, -0.2) is 50.7 Å². The molecule has 1 aliphatic heterocycles. The third kappa shape index (κ3) is 4.94. The van der Waals surface area contributed by atoms with Gasteiger partial charge in [-0.3, -0.25) is 4.79 Å². The molecule has 128 valence electrons. The molecule has 0 saturated carbocycles. The highest BCUT2D eigenvalue weighted by molar-refractivity contribution is 7.89. The van der Waals surface area contributed by atoms with Crippen LogP contribution in [0, 0.1) is 6.92 Å². The highest BCUT2D eigenvalue weighted by Crippen LogP contribution is 2.23. The number of hydrogen-bond donors (Lipinski definition) is 1. The van der Waals surface area contributed by atoms with Gasteiger partial charge in [0.1, 0.15) is 0 Å². The van der Waals surface area contributed by atoms with E-state index in [4.69, 9.17) is 5.14 Å². The van der Waals surface area contributed by atoms with Crippen LogP contribution in [0.4, 0.5) is 5.69 Å². The summed E-state index contributed by atoms with van der Waals surface area (Å²) in [6.07, 6.45) is 0.507. The summed E-state index contributed by atoms with van der Waals surface area (Å²) in [7, 11) is -3.49. The zero-order valence-corrected chi connectivity index (χ0v) is 14.6. The fourth-order valence-electron chi connectivity index (χ4n) is 3.03. The molecule has 0 aliphatic carbocycles. The van der Waals surface area contributed by atoms with Crippen LogP contribution in [0.15, 0.2) is 24.3 Å². The number of amides is 1. The molecule has 1 saturated heterocycles. The van der Waals surface area contributed by atoms with Crippen LogP contribution in [0.1, 0.15) is 25.3 Å². The lowest BCUT2D eigenvalue weighted by molar-refractivity contribution is -0.133. The van der Waals surface area contributed by atoms with Gasteiger partial charge >= 0.3 is 0 Å². The van der Waals surface area contributed by atoms with E-state index in [1.807, 2.05) is 24.0 Å². The topological polar surface area (TPSA) is 83.7 Å². The van der Waals surface area contributed by atoms with Crippen molar-refractivity contribution in [3.63, 3.8) is 0 Å². The number of nitrogens with zero attached hydrogens (tertiary/aromatic N) is 2. The lowest BCUT2D eigenvalue weighted by Gasteiger charge is -2.41. The van der Waals surface area contributed by atoms with E-state index in [0.717, 1.165) is 13.1 Å². The molecule has 1 aromatic rings. The summed E-state index contributed by atoms with van der Waals surface area (Å²) in [6, 6.07) is 8.34. The number of sulfonamides is 1. The normalized spacial score (nSPS) is 19.0. The van der Waals surface area contributed by atoms with Crippen LogP contribution in [0.25, 0.3) is 0 Å². The van der Waals surface area contributed by atoms with E-state index in [9.17, 15) is 13.2 Å². The molecule has 23 heavy (non-hydrogen) atoms. The van der Waals surface area contributed by atoms with Crippen molar-refractivity contribution in [3.05, 3.63) is 29.8 Å². The number of anilines is 1. The minimum Gasteiger partial charge on any atom is -0.367 e. The molecule has 6 nitrogen and oxygen atoms in total. The molecule has 0 spiro atoms. The maximum Gasteiger partial charge on any atom is 0.222 e. The van der Waals surface area contributed by atoms with Crippen molar-refractivity contribution >= 4 is 21.6 Å². The van der Waals surface area contributed by atoms with Crippen LogP contribution in [0.2, 0.25) is 0 Å². The summed E-state index contributed by atoms with van der Waals surface area (Å²) < 4.78 is 21.9. The van der Waals surface area contributed by atoms with Crippen molar-refractivity contribution in [3.8, 4) is 0 Å². The zero-order valence-electron chi connectivity index (χ0n) is 13.7. The van der Waals surface area contributed by atoms with Gasteiger partial charge in [-0.15, -0.1) is 0 Å². The first-order chi connectivity index (χ1) is 10.8. The van der Waals surface area contributed by atoms with Gasteiger partial charge < -0.3 is 9.80 Å². The van der Waals surface area contributed by atoms with E-state index >= 15 is 0 Å². The van der Waals surface area contributed by atoms with Crippen molar-refractivity contribution < 1.29 is 13.2 Å². The highest BCUT2D eigenvalue weighted by atomic mass is 32.2. The van der Waals surface area contributed by atoms with Gasteiger partial charge in [-0.1, -0.05) is 18.2 Å². The lowest BCUT2D eigenvalue weighted by atomic mass is 10.1. The van der Waals surface area contributed by atoms with E-state index in [-0.39, 0.29) is 30.5 Å². The molecule has 2 N–H and O–H groups in total. The summed E-state index contributed by atoms with van der Waals surface area (Å²) in [5.74, 6) is -0.137. The molecule has 2 rings (SSSR count). The second-order valence-electron chi connectivity index (χ2n) is 6.14. The average Bonchev–Trinajstić information content (AvgIpc) is 2.46. The average molecular weight is 339 g/mol. The Kier molecular flexibility index (Phi) is 5.64. The van der Waals surface area contributed by atoms with Crippen LogP contribution >= 0.6 is 0 Å². The van der Waals surface area contributed by atoms with E-state index in [1.54, 1.807) is 0 Å². The van der Waals surface area contributed by atoms with Crippen molar-refractivity contribution in [1.82, 2.24) is 4.90 Å². The lowest BCUT2D eigenvalue weighted by Crippen LogP contribution is -2.54. The molecule has 0 bridgehead atoms. The second-order valence-corrected chi connectivity index (χ2v) is 7.87. The Morgan fingerprint density at radius 1 is 1.30 bits per heavy atom. The molecule has 1 fully saturated rings. The van der Waals surface area contributed by atoms with Crippen LogP contribution < -0.4 is 10.0 Å². The highest BCUT2D eigenvalue weighted by Gasteiger charge is 2.27. The van der Waals surface area contributed by atoms with Gasteiger partial charge in [0.15, 0.2) is 0 Å². The molecule has 1 amide bonds. The number of piperazine rings is 1. The van der Waals surface area contributed by atoms with Gasteiger partial charge in [0, 0.05) is 37.8 Å². The first-order valence-electron chi connectivity index (χ1n) is 7.88. The third-order valence-electron chi connectivity index (χ3n) is 4.22. The van der Waals surface area contributed by atoms with Crippen molar-refractivity contribution in [2.75, 3.05) is 30.3 Å². The first kappa shape index (κ1) is 17.7. The maximum atomic E-state index is 12.3. The molecule has 1 aliphatic rings. The number of hydrogen-bond acceptors (Lipinski definition) is 4. The van der Waals surface area contributed by atoms with Crippen LogP contribution in [0.5, 0.6) is 0 Å². The Labute approximate surface area is 138 Å². The minimum absolute atomic E-state index is 0.00517. The molecular formula is C16H25N3O3S. The fraction of sp³-hybridized carbons (Fsp3) is 0.562. The molecule has 1 heterocycles. The first-order valence-corrected chi connectivity index (χ1v) is 9.60. The molecule has 1 unspecified atom stereocenters. The van der Waals surface area contributed by atoms with Crippen molar-refractivity contribution in [2.45, 2.75) is 32.7 Å². The number of benzene rings is 1. The third-order valence-corrected chi connectivity index (χ3v) is 5.08. The number of para-hydroxylation sites is 1. The monoisotopic (exact) mass is 339 g/mol. The van der Waals surface area contributed by atoms with Gasteiger partial charge in [-0.2, -0.15) is 0 Å². The number of nitrogens with two attached hydrogens (primary N) is 1. The Morgan fingerprint density at radius 2 is 2.00 bits per heavy atom. The largest absolute Gasteiger partial charge is 0.367 e. The molecule has 0 aromatic heterocycles. The number of primary sulfonamides is 1. The molecule has 0 radical (unpaired) electrons. The van der Waals surface area contributed by atoms with E-state index in [1.165, 1.54) is 11.3 Å². The summed E-state index contributed by atoms with van der Waals surface area (Å²) in [5.41, 5.74) is 2.44. The van der Waals surface area contributed by atoms with Gasteiger partial charge in [-0.25, -0.2) is 13.6 Å². The minimum atomic E-state index is -3.49. The quantitative estimate of drug-likeness (QED) is 0.871. The smallest absolute Gasteiger partial charge is 0.222 e. The molecular weight excluding hydrogens is 314 g/mol. The van der Waals surface area contributed by atoms with Gasteiger partial charge in [-0.05, 0) is 31.9 Å². The summed E-state index contributed by atoms with van der Waals surface area (Å²) in [4.78, 5) is 16.4. The van der Waals surface area contributed by atoms with Gasteiger partial charge in [0.25, 0.3) is 0 Å². The van der Waals surface area contributed by atoms with E-state index in [2.05, 4.69) is 24.0 Å². The SMILES string of the molecule is Cc1ccccc1N1CCN(C(=O)CCCS(N)(=O)=O)C(C)C1. The van der Waals surface area contributed by atoms with Gasteiger partial charge in [0.2, 0.25) is 15.9 Å². The van der Waals surface area contributed by atoms with Crippen molar-refractivity contribution in [1.29, 1.82) is 0 Å². The number of carbonyl (C=O) groups is 1. The Morgan fingerprint density at radius 3 is 2.61 bits per heavy atom. The summed E-state index contributed by atoms with van der Waals surface area (Å²) >= 11 is 0. The standard InChI is InChI=1S/C16H25N3O3S/c1-13-6-3-4-7-15(13)18-9-10-19(14(2)12-18)16(20)8-5-11-23(17,21)22/h3-4,6-7,14H,5,8-12H2,1-2H3,(H2,17,21,22). The molecule has 7 heteroatoms. The molecule has 1 aromatic carbocycles. The zero-order chi connectivity index (χ0) is 17.0. The second kappa shape index (κ2) is 7.31. The fourth-order valence-corrected chi connectivity index (χ4v) is 3.58. The summed E-state index contributed by atoms with van der Waals surface area (Å²) in [5, 5.41) is 4.96. The number of carbonyl (C=O) groups excluding carboxylic acids is 1. The van der Waals surface area contributed by atoms with E-state index in [0.29, 0.717) is 6.54 Å². The number of rotatable bonds is 5. The maximum absolute atomic E-state index is 12.3. The predicted molar refractivity (Wildman–Crippen MR) is 91.8 cm³/mol. The molecule has 1 atom stereocenters. The van der Waals surface area contributed by atoms with Crippen molar-refractivity contribution in [2.24, 2.45) is 5.14 Å². The number of aryl methyl sites for hydroxylation is 1. The van der Waals surface area contributed by atoms with Crippen LogP contribution in [-0.2, 0) is 14.8 Å². The summed E-state index contributed by atoms with van der Waals surface area (Å²) in [6.45, 7) is 6.35.